The van der Waals surface area contributed by atoms with E-state index >= 15 is 0 Å². The number of Topliss-reactive ketones (excluding diaryl/α,β-unsaturated/α-hetero) is 1. The zero-order valence-corrected chi connectivity index (χ0v) is 18.6. The number of likely N-dealkylation sites (tertiary alicyclic amines) is 1. The number of hydrogen-bond acceptors (Lipinski definition) is 4. The van der Waals surface area contributed by atoms with Crippen LogP contribution in [0.2, 0.25) is 0 Å². The van der Waals surface area contributed by atoms with Gasteiger partial charge in [0, 0.05) is 16.0 Å². The number of carbonyl (C=O) groups excluding carboxylic acids is 3. The molecule has 0 spiro atoms. The van der Waals surface area contributed by atoms with E-state index in [2.05, 4.69) is 26.6 Å². The number of para-hydroxylation sites is 1. The molecule has 2 N–H and O–H groups in total. The number of amides is 2. The number of rotatable bonds is 7. The number of hydrogen-bond donors (Lipinski definition) is 2. The van der Waals surface area contributed by atoms with E-state index in [9.17, 15) is 14.4 Å². The molecule has 1 heterocycles. The Labute approximate surface area is 185 Å². The molecule has 0 aromatic heterocycles. The van der Waals surface area contributed by atoms with Crippen molar-refractivity contribution in [1.29, 1.82) is 0 Å². The van der Waals surface area contributed by atoms with E-state index in [0.29, 0.717) is 18.8 Å². The van der Waals surface area contributed by atoms with Crippen molar-refractivity contribution in [2.45, 2.75) is 19.8 Å². The zero-order chi connectivity index (χ0) is 21.5. The molecule has 0 saturated carbocycles. The maximum Gasteiger partial charge on any atom is 0.243 e. The van der Waals surface area contributed by atoms with Crippen LogP contribution in [0.1, 0.15) is 28.8 Å². The second kappa shape index (κ2) is 10.5. The first-order valence-corrected chi connectivity index (χ1v) is 10.9. The summed E-state index contributed by atoms with van der Waals surface area (Å²) in [6, 6.07) is 15.0. The Morgan fingerprint density at radius 2 is 1.67 bits per heavy atom. The van der Waals surface area contributed by atoms with Crippen LogP contribution in [0.4, 0.5) is 5.69 Å². The van der Waals surface area contributed by atoms with Gasteiger partial charge in [0.15, 0.2) is 5.78 Å². The Morgan fingerprint density at radius 3 is 2.33 bits per heavy atom. The molecule has 1 fully saturated rings. The molecule has 2 amide bonds. The summed E-state index contributed by atoms with van der Waals surface area (Å²) in [6.07, 6.45) is 1.48. The number of benzene rings is 2. The standard InChI is InChI=1S/C23H26BrN3O3/c1-16-6-8-17(9-7-16)23(30)18-10-12-27(13-11-18)15-22(29)25-14-21(28)26-20-5-3-2-4-19(20)24/h2-9,18H,10-15H2,1H3,(H,25,29)(H,26,28). The van der Waals surface area contributed by atoms with E-state index < -0.39 is 0 Å². The van der Waals surface area contributed by atoms with Gasteiger partial charge in [-0.05, 0) is 60.9 Å². The van der Waals surface area contributed by atoms with Gasteiger partial charge >= 0.3 is 0 Å². The van der Waals surface area contributed by atoms with Crippen LogP contribution in [0.3, 0.4) is 0 Å². The number of piperidine rings is 1. The summed E-state index contributed by atoms with van der Waals surface area (Å²) in [4.78, 5) is 38.9. The lowest BCUT2D eigenvalue weighted by atomic mass is 9.88. The molecule has 2 aromatic rings. The van der Waals surface area contributed by atoms with E-state index in [1.807, 2.05) is 54.3 Å². The number of anilines is 1. The molecular weight excluding hydrogens is 446 g/mol. The summed E-state index contributed by atoms with van der Waals surface area (Å²) in [7, 11) is 0. The van der Waals surface area contributed by atoms with Crippen LogP contribution in [-0.2, 0) is 9.59 Å². The number of nitrogens with one attached hydrogen (secondary N) is 2. The topological polar surface area (TPSA) is 78.5 Å². The minimum atomic E-state index is -0.280. The normalized spacial score (nSPS) is 14.9. The van der Waals surface area contributed by atoms with Crippen molar-refractivity contribution in [2.24, 2.45) is 5.92 Å². The molecule has 1 aliphatic rings. The van der Waals surface area contributed by atoms with Gasteiger partial charge in [-0.3, -0.25) is 19.3 Å². The van der Waals surface area contributed by atoms with Gasteiger partial charge in [-0.15, -0.1) is 0 Å². The third-order valence-corrected chi connectivity index (χ3v) is 5.95. The van der Waals surface area contributed by atoms with Crippen molar-refractivity contribution in [3.63, 3.8) is 0 Å². The van der Waals surface area contributed by atoms with E-state index in [1.54, 1.807) is 6.07 Å². The van der Waals surface area contributed by atoms with Gasteiger partial charge in [0.1, 0.15) is 0 Å². The fraction of sp³-hybridized carbons (Fsp3) is 0.348. The molecule has 158 valence electrons. The highest BCUT2D eigenvalue weighted by molar-refractivity contribution is 9.10. The van der Waals surface area contributed by atoms with Crippen LogP contribution in [0.15, 0.2) is 53.0 Å². The second-order valence-corrected chi connectivity index (χ2v) is 8.44. The maximum atomic E-state index is 12.6. The number of carbonyl (C=O) groups is 3. The largest absolute Gasteiger partial charge is 0.346 e. The predicted octanol–water partition coefficient (Wildman–Crippen LogP) is 3.41. The van der Waals surface area contributed by atoms with Gasteiger partial charge in [0.05, 0.1) is 18.8 Å². The molecule has 1 saturated heterocycles. The number of ketones is 1. The highest BCUT2D eigenvalue weighted by Crippen LogP contribution is 2.22. The Morgan fingerprint density at radius 1 is 1.00 bits per heavy atom. The van der Waals surface area contributed by atoms with Gasteiger partial charge in [-0.25, -0.2) is 0 Å². The molecule has 2 aromatic carbocycles. The fourth-order valence-electron chi connectivity index (χ4n) is 3.50. The first-order chi connectivity index (χ1) is 14.4. The van der Waals surface area contributed by atoms with Crippen molar-refractivity contribution >= 4 is 39.2 Å². The summed E-state index contributed by atoms with van der Waals surface area (Å²) < 4.78 is 0.785. The van der Waals surface area contributed by atoms with Crippen LogP contribution in [0.5, 0.6) is 0 Å². The Balaban J connectivity index is 1.38. The number of aryl methyl sites for hydroxylation is 1. The summed E-state index contributed by atoms with van der Waals surface area (Å²) in [5.41, 5.74) is 2.56. The zero-order valence-electron chi connectivity index (χ0n) is 17.0. The maximum absolute atomic E-state index is 12.6. The monoisotopic (exact) mass is 471 g/mol. The Hall–Kier alpha value is -2.51. The first-order valence-electron chi connectivity index (χ1n) is 10.1. The van der Waals surface area contributed by atoms with Gasteiger partial charge < -0.3 is 10.6 Å². The van der Waals surface area contributed by atoms with Crippen molar-refractivity contribution in [3.05, 3.63) is 64.1 Å². The van der Waals surface area contributed by atoms with Crippen molar-refractivity contribution in [3.8, 4) is 0 Å². The molecule has 0 atom stereocenters. The van der Waals surface area contributed by atoms with E-state index in [1.165, 1.54) is 0 Å². The molecule has 0 radical (unpaired) electrons. The first kappa shape index (κ1) is 22.2. The summed E-state index contributed by atoms with van der Waals surface area (Å²) in [5, 5.41) is 5.41. The minimum absolute atomic E-state index is 0.00196. The van der Waals surface area contributed by atoms with Crippen molar-refractivity contribution in [1.82, 2.24) is 10.2 Å². The molecule has 0 aliphatic carbocycles. The Kier molecular flexibility index (Phi) is 7.76. The lowest BCUT2D eigenvalue weighted by molar-refractivity contribution is -0.125. The van der Waals surface area contributed by atoms with Gasteiger partial charge in [0.2, 0.25) is 11.8 Å². The minimum Gasteiger partial charge on any atom is -0.346 e. The van der Waals surface area contributed by atoms with E-state index in [0.717, 1.165) is 28.4 Å². The van der Waals surface area contributed by atoms with Crippen LogP contribution >= 0.6 is 15.9 Å². The number of nitrogens with zero attached hydrogens (tertiary/aromatic N) is 1. The average Bonchev–Trinajstić information content (AvgIpc) is 2.74. The Bertz CT molecular complexity index is 906. The smallest absolute Gasteiger partial charge is 0.243 e. The molecule has 0 bridgehead atoms. The van der Waals surface area contributed by atoms with Crippen LogP contribution in [0, 0.1) is 12.8 Å². The summed E-state index contributed by atoms with van der Waals surface area (Å²) >= 11 is 3.37. The number of halogens is 1. The molecule has 30 heavy (non-hydrogen) atoms. The van der Waals surface area contributed by atoms with Crippen molar-refractivity contribution < 1.29 is 14.4 Å². The molecule has 6 nitrogen and oxygen atoms in total. The molecule has 7 heteroatoms. The van der Waals surface area contributed by atoms with Crippen molar-refractivity contribution in [2.75, 3.05) is 31.5 Å². The average molecular weight is 472 g/mol. The van der Waals surface area contributed by atoms with Crippen LogP contribution in [-0.4, -0.2) is 48.7 Å². The SMILES string of the molecule is Cc1ccc(C(=O)C2CCN(CC(=O)NCC(=O)Nc3ccccc3Br)CC2)cc1. The van der Waals surface area contributed by atoms with Gasteiger partial charge in [-0.2, -0.15) is 0 Å². The van der Waals surface area contributed by atoms with E-state index in [4.69, 9.17) is 0 Å². The fourth-order valence-corrected chi connectivity index (χ4v) is 3.89. The van der Waals surface area contributed by atoms with Crippen LogP contribution < -0.4 is 10.6 Å². The summed E-state index contributed by atoms with van der Waals surface area (Å²) in [5.74, 6) is -0.289. The molecule has 0 unspecified atom stereocenters. The highest BCUT2D eigenvalue weighted by Gasteiger charge is 2.26. The quantitative estimate of drug-likeness (QED) is 0.606. The second-order valence-electron chi connectivity index (χ2n) is 7.59. The molecular formula is C23H26BrN3O3. The lowest BCUT2D eigenvalue weighted by Crippen LogP contribution is -2.44. The lowest BCUT2D eigenvalue weighted by Gasteiger charge is -2.30. The van der Waals surface area contributed by atoms with Gasteiger partial charge in [-0.1, -0.05) is 42.0 Å². The third-order valence-electron chi connectivity index (χ3n) is 5.26. The molecule has 1 aliphatic heterocycles. The van der Waals surface area contributed by atoms with Crippen LogP contribution in [0.25, 0.3) is 0 Å². The summed E-state index contributed by atoms with van der Waals surface area (Å²) in [6.45, 7) is 3.54. The highest BCUT2D eigenvalue weighted by atomic mass is 79.9. The predicted molar refractivity (Wildman–Crippen MR) is 120 cm³/mol. The van der Waals surface area contributed by atoms with E-state index in [-0.39, 0.29) is 36.6 Å². The molecule has 3 rings (SSSR count). The third kappa shape index (κ3) is 6.24. The van der Waals surface area contributed by atoms with Gasteiger partial charge in [0.25, 0.3) is 0 Å².